The van der Waals surface area contributed by atoms with E-state index in [1.165, 1.54) is 12.1 Å². The quantitative estimate of drug-likeness (QED) is 0.379. The van der Waals surface area contributed by atoms with Gasteiger partial charge in [-0.2, -0.15) is 5.10 Å². The first kappa shape index (κ1) is 15.5. The van der Waals surface area contributed by atoms with Crippen LogP contribution in [0.5, 0.6) is 0 Å². The highest BCUT2D eigenvalue weighted by Gasteiger charge is 2.08. The van der Waals surface area contributed by atoms with Crippen LogP contribution in [-0.2, 0) is 0 Å². The second-order valence-corrected chi connectivity index (χ2v) is 6.14. The van der Waals surface area contributed by atoms with Crippen LogP contribution in [0, 0.1) is 5.82 Å². The molecule has 0 spiro atoms. The van der Waals surface area contributed by atoms with Gasteiger partial charge in [-0.15, -0.1) is 0 Å². The van der Waals surface area contributed by atoms with Crippen molar-refractivity contribution >= 4 is 39.5 Å². The van der Waals surface area contributed by atoms with E-state index in [1.807, 2.05) is 53.1 Å². The molecule has 0 fully saturated rings. The zero-order chi connectivity index (χ0) is 18.2. The summed E-state index contributed by atoms with van der Waals surface area (Å²) in [6.45, 7) is 0. The number of halogens is 1. The van der Waals surface area contributed by atoms with Gasteiger partial charge >= 0.3 is 0 Å². The monoisotopic (exact) mass is 355 g/mol. The normalized spacial score (nSPS) is 11.7. The number of nitrogens with one attached hydrogen (secondary N) is 1. The fourth-order valence-corrected chi connectivity index (χ4v) is 3.23. The molecule has 0 unspecified atom stereocenters. The van der Waals surface area contributed by atoms with Crippen LogP contribution in [0.3, 0.4) is 0 Å². The van der Waals surface area contributed by atoms with Gasteiger partial charge in [-0.3, -0.25) is 10.4 Å². The number of rotatable bonds is 3. The maximum Gasteiger partial charge on any atom is 0.171 e. The number of fused-ring (bicyclic) bond motifs is 4. The minimum atomic E-state index is -0.320. The Labute approximate surface area is 153 Å². The van der Waals surface area contributed by atoms with Gasteiger partial charge in [-0.05, 0) is 36.4 Å². The number of nitrogens with zero attached hydrogens (tertiary/aromatic N) is 4. The molecule has 3 aromatic heterocycles. The molecule has 0 saturated heterocycles. The molecule has 0 aliphatic carbocycles. The Morgan fingerprint density at radius 3 is 2.85 bits per heavy atom. The molecule has 0 atom stereocenters. The number of hydrogen-bond donors (Lipinski definition) is 1. The molecule has 6 heteroatoms. The number of pyridine rings is 1. The van der Waals surface area contributed by atoms with Crippen LogP contribution in [0.15, 0.2) is 78.2 Å². The Kier molecular flexibility index (Phi) is 3.53. The van der Waals surface area contributed by atoms with Crippen molar-refractivity contribution in [2.45, 2.75) is 0 Å². The van der Waals surface area contributed by atoms with Crippen LogP contribution < -0.4 is 5.43 Å². The van der Waals surface area contributed by atoms with Gasteiger partial charge in [0.1, 0.15) is 5.82 Å². The summed E-state index contributed by atoms with van der Waals surface area (Å²) in [5, 5.41) is 5.37. The maximum atomic E-state index is 13.6. The third kappa shape index (κ3) is 2.67. The smallest absolute Gasteiger partial charge is 0.171 e. The van der Waals surface area contributed by atoms with Gasteiger partial charge in [0.25, 0.3) is 0 Å². The highest BCUT2D eigenvalue weighted by Crippen LogP contribution is 2.23. The summed E-state index contributed by atoms with van der Waals surface area (Å²) in [7, 11) is 0. The fraction of sp³-hybridized carbons (Fsp3) is 0. The Morgan fingerprint density at radius 2 is 1.89 bits per heavy atom. The lowest BCUT2D eigenvalue weighted by Crippen LogP contribution is -1.99. The molecular weight excluding hydrogens is 341 g/mol. The molecular formula is C21H14FN5. The SMILES string of the molecule is Fc1ccc2c(c1)nc(N/N=C/c1ccnc3ccccc13)c1cccn12. The van der Waals surface area contributed by atoms with Crippen LogP contribution >= 0.6 is 0 Å². The van der Waals surface area contributed by atoms with E-state index in [0.717, 1.165) is 27.5 Å². The molecule has 0 amide bonds. The summed E-state index contributed by atoms with van der Waals surface area (Å²) < 4.78 is 15.6. The number of benzene rings is 2. The Morgan fingerprint density at radius 1 is 0.963 bits per heavy atom. The fourth-order valence-electron chi connectivity index (χ4n) is 3.23. The lowest BCUT2D eigenvalue weighted by Gasteiger charge is -2.08. The Balaban J connectivity index is 1.56. The van der Waals surface area contributed by atoms with Gasteiger partial charge in [0.15, 0.2) is 5.82 Å². The van der Waals surface area contributed by atoms with Crippen LogP contribution in [0.2, 0.25) is 0 Å². The Bertz CT molecular complexity index is 1320. The molecule has 0 bridgehead atoms. The molecule has 0 aliphatic rings. The zero-order valence-electron chi connectivity index (χ0n) is 14.2. The summed E-state index contributed by atoms with van der Waals surface area (Å²) in [6, 6.07) is 18.2. The second kappa shape index (κ2) is 6.17. The van der Waals surface area contributed by atoms with E-state index >= 15 is 0 Å². The molecule has 0 saturated carbocycles. The van der Waals surface area contributed by atoms with Crippen molar-refractivity contribution in [2.75, 3.05) is 5.43 Å². The van der Waals surface area contributed by atoms with E-state index in [2.05, 4.69) is 20.5 Å². The third-order valence-corrected chi connectivity index (χ3v) is 4.48. The van der Waals surface area contributed by atoms with E-state index in [9.17, 15) is 4.39 Å². The van der Waals surface area contributed by atoms with Crippen LogP contribution in [-0.4, -0.2) is 20.6 Å². The molecule has 0 radical (unpaired) electrons. The molecule has 130 valence electrons. The predicted molar refractivity (Wildman–Crippen MR) is 106 cm³/mol. The number of hydrazone groups is 1. The van der Waals surface area contributed by atoms with Gasteiger partial charge in [0.05, 0.1) is 28.3 Å². The van der Waals surface area contributed by atoms with Gasteiger partial charge in [0.2, 0.25) is 0 Å². The summed E-state index contributed by atoms with van der Waals surface area (Å²) >= 11 is 0. The van der Waals surface area contributed by atoms with E-state index in [-0.39, 0.29) is 5.82 Å². The number of hydrogen-bond acceptors (Lipinski definition) is 4. The average Bonchev–Trinajstić information content (AvgIpc) is 3.18. The van der Waals surface area contributed by atoms with Crippen molar-refractivity contribution in [3.63, 3.8) is 0 Å². The number of anilines is 1. The van der Waals surface area contributed by atoms with Crippen molar-refractivity contribution in [1.29, 1.82) is 0 Å². The molecule has 0 aliphatic heterocycles. The molecule has 3 heterocycles. The molecule has 5 nitrogen and oxygen atoms in total. The van der Waals surface area contributed by atoms with Crippen LogP contribution in [0.1, 0.15) is 5.56 Å². The highest BCUT2D eigenvalue weighted by molar-refractivity contribution is 5.98. The van der Waals surface area contributed by atoms with E-state index in [4.69, 9.17) is 0 Å². The van der Waals surface area contributed by atoms with Gasteiger partial charge < -0.3 is 4.40 Å². The van der Waals surface area contributed by atoms with Crippen LogP contribution in [0.4, 0.5) is 10.2 Å². The maximum absolute atomic E-state index is 13.6. The lowest BCUT2D eigenvalue weighted by molar-refractivity contribution is 0.629. The molecule has 5 aromatic rings. The van der Waals surface area contributed by atoms with Gasteiger partial charge in [-0.25, -0.2) is 9.37 Å². The van der Waals surface area contributed by atoms with Gasteiger partial charge in [-0.1, -0.05) is 18.2 Å². The first-order chi connectivity index (χ1) is 13.3. The highest BCUT2D eigenvalue weighted by atomic mass is 19.1. The largest absolute Gasteiger partial charge is 0.312 e. The van der Waals surface area contributed by atoms with Crippen molar-refractivity contribution in [3.8, 4) is 0 Å². The first-order valence-corrected chi connectivity index (χ1v) is 8.49. The summed E-state index contributed by atoms with van der Waals surface area (Å²) in [6.07, 6.45) is 5.41. The van der Waals surface area contributed by atoms with Crippen LogP contribution in [0.25, 0.3) is 27.5 Å². The Hall–Kier alpha value is -3.80. The first-order valence-electron chi connectivity index (χ1n) is 8.49. The van der Waals surface area contributed by atoms with Crippen molar-refractivity contribution < 1.29 is 4.39 Å². The summed E-state index contributed by atoms with van der Waals surface area (Å²) in [4.78, 5) is 8.88. The molecule has 27 heavy (non-hydrogen) atoms. The lowest BCUT2D eigenvalue weighted by atomic mass is 10.1. The molecule has 1 N–H and O–H groups in total. The van der Waals surface area contributed by atoms with Gasteiger partial charge in [0, 0.05) is 29.4 Å². The van der Waals surface area contributed by atoms with Crippen molar-refractivity contribution in [2.24, 2.45) is 5.10 Å². The summed E-state index contributed by atoms with van der Waals surface area (Å²) in [5.41, 5.74) is 7.12. The van der Waals surface area contributed by atoms with Crippen molar-refractivity contribution in [1.82, 2.24) is 14.4 Å². The predicted octanol–water partition coefficient (Wildman–Crippen LogP) is 4.62. The number of aromatic nitrogens is 3. The second-order valence-electron chi connectivity index (χ2n) is 6.14. The zero-order valence-corrected chi connectivity index (χ0v) is 14.2. The standard InChI is InChI=1S/C21H14FN5/c22-15-7-8-19-18(12-15)25-21(20-6-3-11-27(19)20)26-24-13-14-9-10-23-17-5-2-1-4-16(14)17/h1-13H,(H,25,26)/b24-13+. The third-order valence-electron chi connectivity index (χ3n) is 4.48. The van der Waals surface area contributed by atoms with Crippen molar-refractivity contribution in [3.05, 3.63) is 84.4 Å². The van der Waals surface area contributed by atoms with E-state index < -0.39 is 0 Å². The topological polar surface area (TPSA) is 54.6 Å². The minimum Gasteiger partial charge on any atom is -0.312 e. The van der Waals surface area contributed by atoms with E-state index in [1.54, 1.807) is 18.5 Å². The minimum absolute atomic E-state index is 0.320. The molecule has 2 aromatic carbocycles. The number of para-hydroxylation sites is 1. The molecule has 5 rings (SSSR count). The van der Waals surface area contributed by atoms with E-state index in [0.29, 0.717) is 11.3 Å². The average molecular weight is 355 g/mol. The summed E-state index contributed by atoms with van der Waals surface area (Å²) in [5.74, 6) is 0.243.